The van der Waals surface area contributed by atoms with Crippen LogP contribution in [0.5, 0.6) is 0 Å². The molecule has 1 aromatic carbocycles. The van der Waals surface area contributed by atoms with E-state index in [-0.39, 0.29) is 24.8 Å². The Morgan fingerprint density at radius 2 is 1.82 bits per heavy atom. The summed E-state index contributed by atoms with van der Waals surface area (Å²) in [6, 6.07) is 8.68. The minimum atomic E-state index is 0. The van der Waals surface area contributed by atoms with Crippen molar-refractivity contribution >= 4 is 6.08 Å². The van der Waals surface area contributed by atoms with Crippen molar-refractivity contribution in [1.29, 1.82) is 0 Å². The molecule has 0 aromatic heterocycles. The SMILES string of the molecule is [Cl-].[Cl-].[Ti+2][C]1=C(C2C=Cc3ccccc32)C=CC1. The molecule has 17 heavy (non-hydrogen) atoms. The third-order valence-electron chi connectivity index (χ3n) is 3.10. The topological polar surface area (TPSA) is 0 Å². The first kappa shape index (κ1) is 14.8. The molecule has 0 nitrogen and oxygen atoms in total. The molecule has 0 saturated heterocycles. The molecule has 0 fully saturated rings. The maximum absolute atomic E-state index is 2.32. The van der Waals surface area contributed by atoms with E-state index < -0.39 is 0 Å². The second-order valence-corrected chi connectivity index (χ2v) is 4.95. The van der Waals surface area contributed by atoms with Crippen LogP contribution in [-0.2, 0) is 20.4 Å². The van der Waals surface area contributed by atoms with E-state index in [1.165, 1.54) is 20.6 Å². The van der Waals surface area contributed by atoms with Crippen molar-refractivity contribution < 1.29 is 45.2 Å². The van der Waals surface area contributed by atoms with Gasteiger partial charge in [-0.1, -0.05) is 0 Å². The van der Waals surface area contributed by atoms with Gasteiger partial charge >= 0.3 is 102 Å². The first-order valence-corrected chi connectivity index (χ1v) is 6.02. The Kier molecular flexibility index (Phi) is 5.28. The first-order chi connectivity index (χ1) is 7.36. The van der Waals surface area contributed by atoms with Crippen molar-refractivity contribution in [3.05, 3.63) is 63.1 Å². The van der Waals surface area contributed by atoms with Gasteiger partial charge in [0.15, 0.2) is 0 Å². The van der Waals surface area contributed by atoms with Gasteiger partial charge in [0, 0.05) is 0 Å². The normalized spacial score (nSPS) is 20.0. The van der Waals surface area contributed by atoms with Crippen LogP contribution in [0.4, 0.5) is 0 Å². The van der Waals surface area contributed by atoms with E-state index >= 15 is 0 Å². The summed E-state index contributed by atoms with van der Waals surface area (Å²) in [5.74, 6) is 0.500. The van der Waals surface area contributed by atoms with E-state index in [1.54, 1.807) is 0 Å². The van der Waals surface area contributed by atoms with Gasteiger partial charge in [0.25, 0.3) is 0 Å². The Labute approximate surface area is 126 Å². The van der Waals surface area contributed by atoms with Crippen LogP contribution in [0.2, 0.25) is 0 Å². The zero-order chi connectivity index (χ0) is 10.3. The molecule has 3 rings (SSSR count). The van der Waals surface area contributed by atoms with Crippen molar-refractivity contribution in [3.8, 4) is 0 Å². The minimum absolute atomic E-state index is 0. The number of halogens is 2. The molecule has 2 aliphatic rings. The number of allylic oxidation sites excluding steroid dienone is 5. The quantitative estimate of drug-likeness (QED) is 0.506. The second kappa shape index (κ2) is 6.06. The first-order valence-electron chi connectivity index (χ1n) is 5.24. The number of fused-ring (bicyclic) bond motifs is 1. The molecule has 0 saturated carbocycles. The Morgan fingerprint density at radius 1 is 1.06 bits per heavy atom. The summed E-state index contributed by atoms with van der Waals surface area (Å²) in [4.78, 5) is 0. The maximum atomic E-state index is 2.32. The van der Waals surface area contributed by atoms with E-state index in [2.05, 4.69) is 69.0 Å². The molecule has 85 valence electrons. The van der Waals surface area contributed by atoms with Crippen LogP contribution in [0.15, 0.2) is 51.9 Å². The van der Waals surface area contributed by atoms with Crippen LogP contribution in [-0.4, -0.2) is 0 Å². The van der Waals surface area contributed by atoms with Crippen molar-refractivity contribution in [2.24, 2.45) is 0 Å². The van der Waals surface area contributed by atoms with Crippen molar-refractivity contribution in [2.75, 3.05) is 0 Å². The summed E-state index contributed by atoms with van der Waals surface area (Å²) in [5, 5.41) is 0. The van der Waals surface area contributed by atoms with E-state index in [4.69, 9.17) is 0 Å². The number of rotatable bonds is 1. The average molecular weight is 298 g/mol. The van der Waals surface area contributed by atoms with E-state index in [0.29, 0.717) is 5.92 Å². The number of hydrogen-bond donors (Lipinski definition) is 0. The average Bonchev–Trinajstić information content (AvgIpc) is 2.83. The van der Waals surface area contributed by atoms with Gasteiger partial charge in [-0.2, -0.15) is 0 Å². The van der Waals surface area contributed by atoms with Crippen LogP contribution in [0.1, 0.15) is 23.5 Å². The predicted octanol–water partition coefficient (Wildman–Crippen LogP) is -2.43. The Bertz CT molecular complexity index is 501. The van der Waals surface area contributed by atoms with Gasteiger partial charge in [0.05, 0.1) is 0 Å². The monoisotopic (exact) mass is 297 g/mol. The van der Waals surface area contributed by atoms with Crippen molar-refractivity contribution in [2.45, 2.75) is 12.3 Å². The van der Waals surface area contributed by atoms with E-state index in [0.717, 1.165) is 6.42 Å². The molecular formula is C14H11Cl2Ti. The Balaban J connectivity index is 0.000000722. The molecule has 0 N–H and O–H groups in total. The molecule has 0 heterocycles. The summed E-state index contributed by atoms with van der Waals surface area (Å²) >= 11 is 2.24. The van der Waals surface area contributed by atoms with Crippen LogP contribution >= 0.6 is 0 Å². The standard InChI is InChI=1S/C14H11.2ClH.Ti/c1-2-6-11(5-1)14-10-9-12-7-3-4-8-13(12)14;;;/h1,3-5,7-10,14H,2H2;2*1H;/q;;;+2/p-2. The summed E-state index contributed by atoms with van der Waals surface area (Å²) in [5.41, 5.74) is 4.33. The zero-order valence-electron chi connectivity index (χ0n) is 9.16. The summed E-state index contributed by atoms with van der Waals surface area (Å²) in [6.45, 7) is 0. The van der Waals surface area contributed by atoms with Gasteiger partial charge in [-0.3, -0.25) is 0 Å². The third-order valence-corrected chi connectivity index (χ3v) is 3.87. The van der Waals surface area contributed by atoms with Gasteiger partial charge in [-0.25, -0.2) is 0 Å². The molecule has 0 amide bonds. The molecule has 1 unspecified atom stereocenters. The van der Waals surface area contributed by atoms with Gasteiger partial charge in [-0.05, 0) is 0 Å². The Morgan fingerprint density at radius 3 is 2.53 bits per heavy atom. The fourth-order valence-electron chi connectivity index (χ4n) is 2.33. The molecule has 0 bridgehead atoms. The molecule has 2 aliphatic carbocycles. The molecule has 0 aliphatic heterocycles. The van der Waals surface area contributed by atoms with Gasteiger partial charge in [-0.15, -0.1) is 0 Å². The van der Waals surface area contributed by atoms with Gasteiger partial charge in [0.2, 0.25) is 0 Å². The summed E-state index contributed by atoms with van der Waals surface area (Å²) in [7, 11) is 0. The third kappa shape index (κ3) is 2.61. The Hall–Kier alpha value is -0.266. The van der Waals surface area contributed by atoms with Crippen molar-refractivity contribution in [3.63, 3.8) is 0 Å². The van der Waals surface area contributed by atoms with Crippen LogP contribution in [0.3, 0.4) is 0 Å². The van der Waals surface area contributed by atoms with Crippen LogP contribution in [0.25, 0.3) is 6.08 Å². The molecular weight excluding hydrogens is 287 g/mol. The van der Waals surface area contributed by atoms with Crippen LogP contribution in [0, 0.1) is 0 Å². The molecule has 0 radical (unpaired) electrons. The number of benzene rings is 1. The molecule has 0 spiro atoms. The zero-order valence-corrected chi connectivity index (χ0v) is 12.2. The fraction of sp³-hybridized carbons (Fsp3) is 0.143. The molecule has 1 aromatic rings. The summed E-state index contributed by atoms with van der Waals surface area (Å²) in [6.07, 6.45) is 10.2. The van der Waals surface area contributed by atoms with Gasteiger partial charge in [0.1, 0.15) is 0 Å². The van der Waals surface area contributed by atoms with E-state index in [9.17, 15) is 0 Å². The van der Waals surface area contributed by atoms with Gasteiger partial charge < -0.3 is 24.8 Å². The molecule has 3 heteroatoms. The predicted molar refractivity (Wildman–Crippen MR) is 59.0 cm³/mol. The second-order valence-electron chi connectivity index (χ2n) is 4.01. The van der Waals surface area contributed by atoms with Crippen LogP contribution < -0.4 is 24.8 Å². The summed E-state index contributed by atoms with van der Waals surface area (Å²) < 4.78 is 1.52. The van der Waals surface area contributed by atoms with Crippen molar-refractivity contribution in [1.82, 2.24) is 0 Å². The van der Waals surface area contributed by atoms with E-state index in [1.807, 2.05) is 0 Å². The number of hydrogen-bond acceptors (Lipinski definition) is 0. The fourth-order valence-corrected chi connectivity index (χ4v) is 2.89. The molecule has 1 atom stereocenters.